The summed E-state index contributed by atoms with van der Waals surface area (Å²) in [5.41, 5.74) is 1.14. The van der Waals surface area contributed by atoms with Crippen LogP contribution in [0.2, 0.25) is 0 Å². The van der Waals surface area contributed by atoms with E-state index in [-0.39, 0.29) is 12.1 Å². The van der Waals surface area contributed by atoms with Crippen molar-refractivity contribution >= 4 is 18.3 Å². The number of rotatable bonds is 7. The molecule has 1 aliphatic heterocycles. The molecular formula is C17H20O6. The maximum Gasteiger partial charge on any atom is 0.305 e. The predicted molar refractivity (Wildman–Crippen MR) is 84.3 cm³/mol. The van der Waals surface area contributed by atoms with Gasteiger partial charge in [-0.1, -0.05) is 6.08 Å². The molecule has 0 amide bonds. The quantitative estimate of drug-likeness (QED) is 0.568. The fourth-order valence-corrected chi connectivity index (χ4v) is 2.48. The van der Waals surface area contributed by atoms with Gasteiger partial charge >= 0.3 is 5.97 Å². The minimum Gasteiger partial charge on any atom is -0.493 e. The van der Waals surface area contributed by atoms with Crippen molar-refractivity contribution in [3.05, 3.63) is 23.3 Å². The summed E-state index contributed by atoms with van der Waals surface area (Å²) in [6.45, 7) is 0. The summed E-state index contributed by atoms with van der Waals surface area (Å²) in [7, 11) is 4.39. The van der Waals surface area contributed by atoms with Crippen molar-refractivity contribution < 1.29 is 28.5 Å². The Kier molecular flexibility index (Phi) is 5.62. The van der Waals surface area contributed by atoms with Crippen LogP contribution in [-0.2, 0) is 9.53 Å². The van der Waals surface area contributed by atoms with Crippen LogP contribution in [0.25, 0.3) is 6.08 Å². The van der Waals surface area contributed by atoms with Gasteiger partial charge < -0.3 is 18.9 Å². The zero-order valence-electron chi connectivity index (χ0n) is 13.5. The second kappa shape index (κ2) is 7.67. The highest BCUT2D eigenvalue weighted by molar-refractivity contribution is 5.87. The summed E-state index contributed by atoms with van der Waals surface area (Å²) < 4.78 is 21.2. The zero-order valence-corrected chi connectivity index (χ0v) is 13.5. The van der Waals surface area contributed by atoms with E-state index in [0.29, 0.717) is 47.6 Å². The topological polar surface area (TPSA) is 71.1 Å². The van der Waals surface area contributed by atoms with E-state index >= 15 is 0 Å². The Labute approximate surface area is 135 Å². The molecule has 1 aromatic rings. The third-order valence-electron chi connectivity index (χ3n) is 3.67. The Morgan fingerprint density at radius 3 is 2.70 bits per heavy atom. The van der Waals surface area contributed by atoms with Crippen LogP contribution in [0.3, 0.4) is 0 Å². The lowest BCUT2D eigenvalue weighted by Crippen LogP contribution is -2.19. The number of hydrogen-bond acceptors (Lipinski definition) is 6. The van der Waals surface area contributed by atoms with Gasteiger partial charge in [0.1, 0.15) is 6.10 Å². The Morgan fingerprint density at radius 2 is 2.09 bits per heavy atom. The number of methoxy groups -OCH3 is 3. The SMILES string of the molecule is COC(=O)CCCC1C=Cc2c(C=O)cc(OC)c(OC)c2O1. The van der Waals surface area contributed by atoms with Gasteiger partial charge in [0, 0.05) is 17.5 Å². The minimum absolute atomic E-state index is 0.201. The normalized spacial score (nSPS) is 15.3. The van der Waals surface area contributed by atoms with E-state index in [0.717, 1.165) is 6.29 Å². The smallest absolute Gasteiger partial charge is 0.305 e. The first-order chi connectivity index (χ1) is 11.1. The monoisotopic (exact) mass is 320 g/mol. The first-order valence-electron chi connectivity index (χ1n) is 7.30. The lowest BCUT2D eigenvalue weighted by molar-refractivity contribution is -0.140. The zero-order chi connectivity index (χ0) is 16.8. The number of carbonyl (C=O) groups excluding carboxylic acids is 2. The summed E-state index contributed by atoms with van der Waals surface area (Å²) in [5, 5.41) is 0. The lowest BCUT2D eigenvalue weighted by Gasteiger charge is -2.25. The molecule has 0 aromatic heterocycles. The molecule has 1 heterocycles. The fraction of sp³-hybridized carbons (Fsp3) is 0.412. The fourth-order valence-electron chi connectivity index (χ4n) is 2.48. The van der Waals surface area contributed by atoms with E-state index in [9.17, 15) is 9.59 Å². The van der Waals surface area contributed by atoms with E-state index in [1.807, 2.05) is 12.2 Å². The van der Waals surface area contributed by atoms with Crippen LogP contribution in [-0.4, -0.2) is 39.7 Å². The maximum atomic E-state index is 11.3. The molecule has 2 rings (SSSR count). The molecule has 0 aliphatic carbocycles. The Balaban J connectivity index is 2.22. The molecule has 0 radical (unpaired) electrons. The van der Waals surface area contributed by atoms with Gasteiger partial charge in [-0.3, -0.25) is 9.59 Å². The van der Waals surface area contributed by atoms with Gasteiger partial charge in [-0.2, -0.15) is 0 Å². The van der Waals surface area contributed by atoms with Crippen LogP contribution in [0.15, 0.2) is 12.1 Å². The minimum atomic E-state index is -0.243. The predicted octanol–water partition coefficient (Wildman–Crippen LogP) is 2.63. The summed E-state index contributed by atoms with van der Waals surface area (Å²) >= 11 is 0. The first-order valence-corrected chi connectivity index (χ1v) is 7.30. The number of aldehydes is 1. The number of ether oxygens (including phenoxy) is 4. The summed E-state index contributed by atoms with van der Waals surface area (Å²) in [6, 6.07) is 1.62. The number of esters is 1. The molecule has 1 unspecified atom stereocenters. The number of hydrogen-bond donors (Lipinski definition) is 0. The van der Waals surface area contributed by atoms with Crippen LogP contribution < -0.4 is 14.2 Å². The van der Waals surface area contributed by atoms with Gasteiger partial charge in [0.2, 0.25) is 5.75 Å². The molecule has 0 bridgehead atoms. The molecule has 0 N–H and O–H groups in total. The third kappa shape index (κ3) is 3.64. The van der Waals surface area contributed by atoms with Crippen molar-refractivity contribution in [1.82, 2.24) is 0 Å². The molecular weight excluding hydrogens is 300 g/mol. The van der Waals surface area contributed by atoms with E-state index in [2.05, 4.69) is 4.74 Å². The van der Waals surface area contributed by atoms with Crippen molar-refractivity contribution in [3.8, 4) is 17.2 Å². The number of benzene rings is 1. The highest BCUT2D eigenvalue weighted by atomic mass is 16.5. The Bertz CT molecular complexity index is 620. The summed E-state index contributed by atoms with van der Waals surface area (Å²) in [5.74, 6) is 1.14. The van der Waals surface area contributed by atoms with Gasteiger partial charge in [0.15, 0.2) is 17.8 Å². The van der Waals surface area contributed by atoms with E-state index in [4.69, 9.17) is 14.2 Å². The van der Waals surface area contributed by atoms with E-state index in [1.54, 1.807) is 6.07 Å². The molecule has 0 spiro atoms. The number of fused-ring (bicyclic) bond motifs is 1. The van der Waals surface area contributed by atoms with Crippen LogP contribution in [0.4, 0.5) is 0 Å². The van der Waals surface area contributed by atoms with Crippen molar-refractivity contribution in [3.63, 3.8) is 0 Å². The third-order valence-corrected chi connectivity index (χ3v) is 3.67. The second-order valence-electron chi connectivity index (χ2n) is 5.05. The van der Waals surface area contributed by atoms with Crippen molar-refractivity contribution in [1.29, 1.82) is 0 Å². The van der Waals surface area contributed by atoms with Crippen LogP contribution >= 0.6 is 0 Å². The Morgan fingerprint density at radius 1 is 1.30 bits per heavy atom. The molecule has 0 saturated heterocycles. The molecule has 0 saturated carbocycles. The lowest BCUT2D eigenvalue weighted by atomic mass is 10.0. The van der Waals surface area contributed by atoms with Crippen molar-refractivity contribution in [2.45, 2.75) is 25.4 Å². The molecule has 1 atom stereocenters. The van der Waals surface area contributed by atoms with E-state index in [1.165, 1.54) is 21.3 Å². The summed E-state index contributed by atoms with van der Waals surface area (Å²) in [4.78, 5) is 22.4. The average Bonchev–Trinajstić information content (AvgIpc) is 2.59. The van der Waals surface area contributed by atoms with Gasteiger partial charge in [-0.25, -0.2) is 0 Å². The summed E-state index contributed by atoms with van der Waals surface area (Å²) in [6.07, 6.45) is 5.91. The highest BCUT2D eigenvalue weighted by Gasteiger charge is 2.25. The highest BCUT2D eigenvalue weighted by Crippen LogP contribution is 2.44. The van der Waals surface area contributed by atoms with Crippen LogP contribution in [0, 0.1) is 0 Å². The molecule has 1 aromatic carbocycles. The molecule has 6 heteroatoms. The molecule has 6 nitrogen and oxygen atoms in total. The number of carbonyl (C=O) groups is 2. The standard InChI is InChI=1S/C17H20O6/c1-20-14-9-11(10-18)13-8-7-12(5-4-6-15(19)21-2)23-16(13)17(14)22-3/h7-10,12H,4-6H2,1-3H3. The molecule has 0 fully saturated rings. The molecule has 124 valence electrons. The molecule has 1 aliphatic rings. The van der Waals surface area contributed by atoms with Gasteiger partial charge in [0.05, 0.1) is 21.3 Å². The average molecular weight is 320 g/mol. The van der Waals surface area contributed by atoms with Gasteiger partial charge in [-0.15, -0.1) is 0 Å². The maximum absolute atomic E-state index is 11.3. The van der Waals surface area contributed by atoms with Crippen LogP contribution in [0.1, 0.15) is 35.2 Å². The molecule has 23 heavy (non-hydrogen) atoms. The second-order valence-corrected chi connectivity index (χ2v) is 5.05. The van der Waals surface area contributed by atoms with Crippen LogP contribution in [0.5, 0.6) is 17.2 Å². The largest absolute Gasteiger partial charge is 0.493 e. The van der Waals surface area contributed by atoms with Gasteiger partial charge in [0.25, 0.3) is 0 Å². The first kappa shape index (κ1) is 16.9. The Hall–Kier alpha value is -2.50. The van der Waals surface area contributed by atoms with Crippen molar-refractivity contribution in [2.24, 2.45) is 0 Å². The van der Waals surface area contributed by atoms with Crippen molar-refractivity contribution in [2.75, 3.05) is 21.3 Å². The van der Waals surface area contributed by atoms with E-state index < -0.39 is 0 Å². The van der Waals surface area contributed by atoms with Gasteiger partial charge in [-0.05, 0) is 25.0 Å².